The van der Waals surface area contributed by atoms with Crippen molar-refractivity contribution in [2.75, 3.05) is 20.2 Å². The molecule has 5 nitrogen and oxygen atoms in total. The van der Waals surface area contributed by atoms with Gasteiger partial charge in [-0.15, -0.1) is 0 Å². The SMILES string of the molecule is COC1C[C@@]2(C)C(CC[C@@H]3[C@@H]2CC[C@]2(C)C(=O)CC[C@@H]32)CC1=NO[C@@H]1CCNC1. The molecule has 5 rings (SSSR count). The van der Waals surface area contributed by atoms with Crippen molar-refractivity contribution in [1.82, 2.24) is 5.32 Å². The monoisotopic (exact) mass is 402 g/mol. The standard InChI is InChI=1S/C24H38N2O3/c1-23-10-8-19-17(18(23)6-7-22(23)27)5-4-15-12-20(21(28-3)13-24(15,19)2)26-29-16-9-11-25-14-16/h15-19,21,25H,4-14H2,1-3H3/t15?,16-,17+,18+,19+,21?,23+,24+/m1/s1. The Morgan fingerprint density at radius 3 is 2.72 bits per heavy atom. The number of oxime groups is 1. The van der Waals surface area contributed by atoms with Crippen LogP contribution >= 0.6 is 0 Å². The summed E-state index contributed by atoms with van der Waals surface area (Å²) in [6.45, 7) is 6.72. The highest BCUT2D eigenvalue weighted by Crippen LogP contribution is 2.65. The summed E-state index contributed by atoms with van der Waals surface area (Å²) >= 11 is 0. The maximum absolute atomic E-state index is 12.6. The van der Waals surface area contributed by atoms with Crippen LogP contribution in [0.1, 0.15) is 71.6 Å². The highest BCUT2D eigenvalue weighted by atomic mass is 16.6. The molecular weight excluding hydrogens is 364 g/mol. The minimum atomic E-state index is -0.0323. The molecule has 162 valence electrons. The number of nitrogens with zero attached hydrogens (tertiary/aromatic N) is 1. The summed E-state index contributed by atoms with van der Waals surface area (Å²) in [7, 11) is 1.83. The van der Waals surface area contributed by atoms with E-state index in [0.717, 1.165) is 69.2 Å². The van der Waals surface area contributed by atoms with E-state index in [4.69, 9.17) is 9.57 Å². The van der Waals surface area contributed by atoms with Crippen molar-refractivity contribution in [2.45, 2.75) is 83.8 Å². The Balaban J connectivity index is 1.36. The van der Waals surface area contributed by atoms with Gasteiger partial charge in [0.15, 0.2) is 0 Å². The van der Waals surface area contributed by atoms with E-state index in [0.29, 0.717) is 23.0 Å². The first kappa shape index (κ1) is 20.0. The van der Waals surface area contributed by atoms with Gasteiger partial charge in [0.1, 0.15) is 11.9 Å². The van der Waals surface area contributed by atoms with Crippen LogP contribution in [0.2, 0.25) is 0 Å². The molecule has 1 aliphatic heterocycles. The predicted molar refractivity (Wildman–Crippen MR) is 113 cm³/mol. The van der Waals surface area contributed by atoms with Crippen molar-refractivity contribution < 1.29 is 14.4 Å². The van der Waals surface area contributed by atoms with Gasteiger partial charge in [-0.1, -0.05) is 19.0 Å². The van der Waals surface area contributed by atoms with Crippen molar-refractivity contribution in [1.29, 1.82) is 0 Å². The topological polar surface area (TPSA) is 59.9 Å². The number of carbonyl (C=O) groups is 1. The Morgan fingerprint density at radius 1 is 1.10 bits per heavy atom. The first-order valence-electron chi connectivity index (χ1n) is 11.9. The molecule has 4 aliphatic carbocycles. The van der Waals surface area contributed by atoms with Crippen molar-refractivity contribution in [3.63, 3.8) is 0 Å². The summed E-state index contributed by atoms with van der Waals surface area (Å²) in [6, 6.07) is 0. The van der Waals surface area contributed by atoms with Crippen LogP contribution in [-0.4, -0.2) is 43.9 Å². The van der Waals surface area contributed by atoms with Crippen LogP contribution in [0.4, 0.5) is 0 Å². The van der Waals surface area contributed by atoms with E-state index in [9.17, 15) is 4.79 Å². The van der Waals surface area contributed by atoms with Gasteiger partial charge in [0.2, 0.25) is 0 Å². The van der Waals surface area contributed by atoms with Gasteiger partial charge < -0.3 is 14.9 Å². The minimum Gasteiger partial charge on any atom is -0.391 e. The Hall–Kier alpha value is -0.940. The lowest BCUT2D eigenvalue weighted by Gasteiger charge is -2.60. The zero-order valence-electron chi connectivity index (χ0n) is 18.4. The summed E-state index contributed by atoms with van der Waals surface area (Å²) in [5.41, 5.74) is 1.39. The molecule has 0 amide bonds. The molecule has 5 fully saturated rings. The number of methoxy groups -OCH3 is 1. The number of nitrogens with one attached hydrogen (secondary N) is 1. The molecule has 0 aromatic rings. The highest BCUT2D eigenvalue weighted by Gasteiger charge is 2.61. The number of hydrogen-bond acceptors (Lipinski definition) is 5. The van der Waals surface area contributed by atoms with Crippen LogP contribution in [0.15, 0.2) is 5.16 Å². The molecule has 8 atom stereocenters. The normalized spacial score (nSPS) is 50.9. The second-order valence-corrected chi connectivity index (χ2v) is 11.0. The van der Waals surface area contributed by atoms with Crippen LogP contribution in [0.5, 0.6) is 0 Å². The summed E-state index contributed by atoms with van der Waals surface area (Å²) in [4.78, 5) is 18.5. The number of fused-ring (bicyclic) bond motifs is 5. The third-order valence-electron chi connectivity index (χ3n) is 9.85. The molecular formula is C24H38N2O3. The molecule has 4 saturated carbocycles. The van der Waals surface area contributed by atoms with Gasteiger partial charge >= 0.3 is 0 Å². The zero-order chi connectivity index (χ0) is 20.2. The number of ether oxygens (including phenoxy) is 1. The molecule has 0 radical (unpaired) electrons. The molecule has 2 unspecified atom stereocenters. The van der Waals surface area contributed by atoms with Crippen LogP contribution in [0.25, 0.3) is 0 Å². The molecule has 0 spiro atoms. The predicted octanol–water partition coefficient (Wildman–Crippen LogP) is 3.96. The Morgan fingerprint density at radius 2 is 1.97 bits per heavy atom. The number of rotatable bonds is 3. The Kier molecular flexibility index (Phi) is 5.05. The second kappa shape index (κ2) is 7.33. The minimum absolute atomic E-state index is 0.0323. The van der Waals surface area contributed by atoms with Gasteiger partial charge in [-0.25, -0.2) is 0 Å². The molecule has 0 aromatic carbocycles. The maximum atomic E-state index is 12.6. The van der Waals surface area contributed by atoms with Crippen LogP contribution in [-0.2, 0) is 14.4 Å². The highest BCUT2D eigenvalue weighted by molar-refractivity contribution is 5.89. The van der Waals surface area contributed by atoms with Crippen molar-refractivity contribution >= 4 is 11.5 Å². The molecule has 29 heavy (non-hydrogen) atoms. The van der Waals surface area contributed by atoms with E-state index >= 15 is 0 Å². The van der Waals surface area contributed by atoms with Crippen molar-refractivity contribution in [2.24, 2.45) is 39.7 Å². The fourth-order valence-corrected chi connectivity index (χ4v) is 8.04. The van der Waals surface area contributed by atoms with Gasteiger partial charge in [0.05, 0.1) is 11.8 Å². The van der Waals surface area contributed by atoms with Gasteiger partial charge in [0.25, 0.3) is 0 Å². The molecule has 1 N–H and O–H groups in total. The number of Topliss-reactive ketones (excluding diaryl/α,β-unsaturated/α-hetero) is 1. The molecule has 1 saturated heterocycles. The smallest absolute Gasteiger partial charge is 0.141 e. The average Bonchev–Trinajstić information content (AvgIpc) is 3.33. The lowest BCUT2D eigenvalue weighted by molar-refractivity contribution is -0.139. The van der Waals surface area contributed by atoms with Gasteiger partial charge in [-0.05, 0) is 80.6 Å². The van der Waals surface area contributed by atoms with Gasteiger partial charge in [0, 0.05) is 31.9 Å². The van der Waals surface area contributed by atoms with Crippen LogP contribution in [0.3, 0.4) is 0 Å². The summed E-state index contributed by atoms with van der Waals surface area (Å²) in [5.74, 6) is 3.27. The maximum Gasteiger partial charge on any atom is 0.141 e. The molecule has 1 heterocycles. The van der Waals surface area contributed by atoms with E-state index in [1.807, 2.05) is 7.11 Å². The zero-order valence-corrected chi connectivity index (χ0v) is 18.4. The van der Waals surface area contributed by atoms with Gasteiger partial charge in [-0.2, -0.15) is 0 Å². The molecule has 5 aliphatic rings. The third-order valence-corrected chi connectivity index (χ3v) is 9.85. The van der Waals surface area contributed by atoms with Gasteiger partial charge in [-0.3, -0.25) is 4.79 Å². The summed E-state index contributed by atoms with van der Waals surface area (Å²) in [6.07, 6.45) is 10.2. The van der Waals surface area contributed by atoms with E-state index in [1.54, 1.807) is 0 Å². The summed E-state index contributed by atoms with van der Waals surface area (Å²) in [5, 5.41) is 7.97. The second-order valence-electron chi connectivity index (χ2n) is 11.0. The van der Waals surface area contributed by atoms with Crippen molar-refractivity contribution in [3.05, 3.63) is 0 Å². The third kappa shape index (κ3) is 3.10. The Labute approximate surface area is 175 Å². The first-order valence-corrected chi connectivity index (χ1v) is 11.9. The fraction of sp³-hybridized carbons (Fsp3) is 0.917. The van der Waals surface area contributed by atoms with Crippen LogP contribution < -0.4 is 5.32 Å². The van der Waals surface area contributed by atoms with Crippen LogP contribution in [0, 0.1) is 34.5 Å². The number of ketones is 1. The average molecular weight is 403 g/mol. The molecule has 0 aromatic heterocycles. The Bertz CT molecular complexity index is 688. The quantitative estimate of drug-likeness (QED) is 0.726. The number of carbonyl (C=O) groups excluding carboxylic acids is 1. The number of hydrogen-bond donors (Lipinski definition) is 1. The first-order chi connectivity index (χ1) is 14.0. The lowest BCUT2D eigenvalue weighted by atomic mass is 9.45. The van der Waals surface area contributed by atoms with E-state index in [1.165, 1.54) is 19.3 Å². The summed E-state index contributed by atoms with van der Waals surface area (Å²) < 4.78 is 5.96. The fourth-order valence-electron chi connectivity index (χ4n) is 8.04. The lowest BCUT2D eigenvalue weighted by Crippen LogP contribution is -2.56. The molecule has 5 heteroatoms. The van der Waals surface area contributed by atoms with Crippen molar-refractivity contribution in [3.8, 4) is 0 Å². The largest absolute Gasteiger partial charge is 0.391 e. The van der Waals surface area contributed by atoms with E-state index in [2.05, 4.69) is 24.3 Å². The van der Waals surface area contributed by atoms with E-state index in [-0.39, 0.29) is 17.6 Å². The molecule has 0 bridgehead atoms. The van der Waals surface area contributed by atoms with E-state index < -0.39 is 0 Å².